The van der Waals surface area contributed by atoms with Gasteiger partial charge in [-0.25, -0.2) is 4.98 Å². The summed E-state index contributed by atoms with van der Waals surface area (Å²) in [6, 6.07) is 0. The second kappa shape index (κ2) is 2.80. The minimum atomic E-state index is -4.35. The van der Waals surface area contributed by atoms with Crippen LogP contribution in [0, 0.1) is 0 Å². The lowest BCUT2D eigenvalue weighted by atomic mass is 10.4. The van der Waals surface area contributed by atoms with E-state index in [0.717, 1.165) is 4.57 Å². The quantitative estimate of drug-likeness (QED) is 0.643. The number of aromatic nitrogens is 2. The molecular formula is C7H9F3N2. The lowest BCUT2D eigenvalue weighted by Crippen LogP contribution is -2.12. The normalized spacial score (nSPS) is 12.1. The summed E-state index contributed by atoms with van der Waals surface area (Å²) in [5, 5.41) is 0. The number of hydrogen-bond acceptors (Lipinski definition) is 1. The van der Waals surface area contributed by atoms with Crippen LogP contribution < -0.4 is 0 Å². The van der Waals surface area contributed by atoms with Crippen molar-refractivity contribution in [3.63, 3.8) is 0 Å². The Morgan fingerprint density at radius 2 is 2.08 bits per heavy atom. The van der Waals surface area contributed by atoms with E-state index in [-0.39, 0.29) is 0 Å². The molecule has 68 valence electrons. The third-order valence-corrected chi connectivity index (χ3v) is 1.54. The van der Waals surface area contributed by atoms with Crippen LogP contribution in [0.4, 0.5) is 13.2 Å². The molecule has 0 unspecified atom stereocenters. The molecule has 0 aliphatic heterocycles. The molecule has 0 aromatic carbocycles. The van der Waals surface area contributed by atoms with E-state index in [4.69, 9.17) is 0 Å². The van der Waals surface area contributed by atoms with Crippen molar-refractivity contribution in [2.24, 2.45) is 7.05 Å². The predicted molar refractivity (Wildman–Crippen MR) is 37.6 cm³/mol. The molecular weight excluding hydrogens is 169 g/mol. The first-order valence-corrected chi connectivity index (χ1v) is 3.54. The summed E-state index contributed by atoms with van der Waals surface area (Å²) >= 11 is 0. The van der Waals surface area contributed by atoms with E-state index in [0.29, 0.717) is 12.1 Å². The molecule has 0 aliphatic rings. The van der Waals surface area contributed by atoms with Crippen LogP contribution in [0.3, 0.4) is 0 Å². The maximum absolute atomic E-state index is 12.1. The number of hydrogen-bond donors (Lipinski definition) is 0. The van der Waals surface area contributed by atoms with E-state index in [2.05, 4.69) is 4.98 Å². The van der Waals surface area contributed by atoms with Crippen molar-refractivity contribution in [2.45, 2.75) is 19.5 Å². The fraction of sp³-hybridized carbons (Fsp3) is 0.571. The lowest BCUT2D eigenvalue weighted by molar-refractivity contribution is -0.146. The molecule has 0 fully saturated rings. The maximum Gasteiger partial charge on any atom is 0.449 e. The van der Waals surface area contributed by atoms with Crippen molar-refractivity contribution in [1.29, 1.82) is 0 Å². The summed E-state index contributed by atoms with van der Waals surface area (Å²) in [6.07, 6.45) is -2.44. The van der Waals surface area contributed by atoms with E-state index < -0.39 is 12.0 Å². The molecule has 0 amide bonds. The van der Waals surface area contributed by atoms with Gasteiger partial charge in [-0.3, -0.25) is 0 Å². The van der Waals surface area contributed by atoms with Gasteiger partial charge in [-0.05, 0) is 6.42 Å². The summed E-state index contributed by atoms with van der Waals surface area (Å²) in [6.45, 7) is 1.77. The van der Waals surface area contributed by atoms with Gasteiger partial charge in [0, 0.05) is 13.2 Å². The number of rotatable bonds is 1. The minimum absolute atomic E-state index is 0.463. The van der Waals surface area contributed by atoms with E-state index in [1.165, 1.54) is 13.2 Å². The van der Waals surface area contributed by atoms with Gasteiger partial charge in [-0.1, -0.05) is 6.92 Å². The molecule has 0 saturated carbocycles. The Balaban J connectivity index is 3.08. The monoisotopic (exact) mass is 178 g/mol. The Bertz CT molecular complexity index is 275. The molecule has 1 aromatic rings. The first-order valence-electron chi connectivity index (χ1n) is 3.54. The highest BCUT2D eigenvalue weighted by atomic mass is 19.4. The van der Waals surface area contributed by atoms with Crippen LogP contribution >= 0.6 is 0 Å². The summed E-state index contributed by atoms with van der Waals surface area (Å²) in [5.74, 6) is -0.834. The van der Waals surface area contributed by atoms with Crippen molar-refractivity contribution in [3.8, 4) is 0 Å². The zero-order valence-electron chi connectivity index (χ0n) is 6.81. The lowest BCUT2D eigenvalue weighted by Gasteiger charge is -2.04. The molecule has 0 bridgehead atoms. The van der Waals surface area contributed by atoms with Gasteiger partial charge in [0.1, 0.15) is 0 Å². The molecule has 0 radical (unpaired) electrons. The topological polar surface area (TPSA) is 17.8 Å². The van der Waals surface area contributed by atoms with Crippen molar-refractivity contribution in [3.05, 3.63) is 17.7 Å². The van der Waals surface area contributed by atoms with Gasteiger partial charge in [0.05, 0.1) is 5.69 Å². The van der Waals surface area contributed by atoms with Gasteiger partial charge < -0.3 is 4.57 Å². The summed E-state index contributed by atoms with van der Waals surface area (Å²) in [7, 11) is 1.34. The second-order valence-corrected chi connectivity index (χ2v) is 2.52. The van der Waals surface area contributed by atoms with Gasteiger partial charge in [-0.15, -0.1) is 0 Å². The largest absolute Gasteiger partial charge is 0.449 e. The number of alkyl halides is 3. The summed E-state index contributed by atoms with van der Waals surface area (Å²) in [5.41, 5.74) is 0.463. The van der Waals surface area contributed by atoms with Crippen LogP contribution in [0.2, 0.25) is 0 Å². The average Bonchev–Trinajstić information content (AvgIpc) is 2.29. The predicted octanol–water partition coefficient (Wildman–Crippen LogP) is 2.00. The molecule has 0 N–H and O–H groups in total. The fourth-order valence-electron chi connectivity index (χ4n) is 0.962. The molecule has 5 heteroatoms. The Kier molecular flexibility index (Phi) is 2.12. The smallest absolute Gasteiger partial charge is 0.330 e. The number of halogens is 3. The summed E-state index contributed by atoms with van der Waals surface area (Å²) < 4.78 is 37.3. The number of imidazole rings is 1. The Morgan fingerprint density at radius 1 is 1.50 bits per heavy atom. The third-order valence-electron chi connectivity index (χ3n) is 1.54. The van der Waals surface area contributed by atoms with E-state index in [1.807, 2.05) is 0 Å². The summed E-state index contributed by atoms with van der Waals surface area (Å²) in [4.78, 5) is 3.44. The Labute approximate surface area is 68.0 Å². The zero-order chi connectivity index (χ0) is 9.35. The van der Waals surface area contributed by atoms with Gasteiger partial charge in [0.25, 0.3) is 0 Å². The first kappa shape index (κ1) is 9.09. The van der Waals surface area contributed by atoms with Crippen LogP contribution in [-0.2, 0) is 19.6 Å². The second-order valence-electron chi connectivity index (χ2n) is 2.52. The van der Waals surface area contributed by atoms with E-state index in [9.17, 15) is 13.2 Å². The molecule has 0 atom stereocenters. The van der Waals surface area contributed by atoms with Crippen molar-refractivity contribution >= 4 is 0 Å². The number of aryl methyl sites for hydroxylation is 2. The van der Waals surface area contributed by atoms with Crippen LogP contribution in [0.25, 0.3) is 0 Å². The molecule has 0 aliphatic carbocycles. The van der Waals surface area contributed by atoms with Crippen molar-refractivity contribution in [1.82, 2.24) is 9.55 Å². The molecule has 1 aromatic heterocycles. The minimum Gasteiger partial charge on any atom is -0.330 e. The highest BCUT2D eigenvalue weighted by Crippen LogP contribution is 2.27. The average molecular weight is 178 g/mol. The molecule has 1 rings (SSSR count). The fourth-order valence-corrected chi connectivity index (χ4v) is 0.962. The Hall–Kier alpha value is -1.00. The third kappa shape index (κ3) is 1.60. The van der Waals surface area contributed by atoms with Crippen LogP contribution in [0.1, 0.15) is 18.4 Å². The molecule has 12 heavy (non-hydrogen) atoms. The molecule has 1 heterocycles. The number of nitrogens with zero attached hydrogens (tertiary/aromatic N) is 2. The molecule has 0 saturated heterocycles. The zero-order valence-corrected chi connectivity index (χ0v) is 6.81. The van der Waals surface area contributed by atoms with Gasteiger partial charge in [0.2, 0.25) is 5.82 Å². The van der Waals surface area contributed by atoms with Crippen molar-refractivity contribution < 1.29 is 13.2 Å². The van der Waals surface area contributed by atoms with Crippen molar-refractivity contribution in [2.75, 3.05) is 0 Å². The maximum atomic E-state index is 12.1. The molecule has 0 spiro atoms. The SMILES string of the molecule is CCc1cn(C)c(C(F)(F)F)n1. The standard InChI is InChI=1S/C7H9F3N2/c1-3-5-4-12(2)6(11-5)7(8,9)10/h4H,3H2,1-2H3. The highest BCUT2D eigenvalue weighted by Gasteiger charge is 2.35. The Morgan fingerprint density at radius 3 is 2.33 bits per heavy atom. The molecule has 2 nitrogen and oxygen atoms in total. The van der Waals surface area contributed by atoms with Crippen LogP contribution in [-0.4, -0.2) is 9.55 Å². The highest BCUT2D eigenvalue weighted by molar-refractivity contribution is 5.05. The first-order chi connectivity index (χ1) is 5.45. The van der Waals surface area contributed by atoms with E-state index in [1.54, 1.807) is 6.92 Å². The van der Waals surface area contributed by atoms with E-state index >= 15 is 0 Å². The van der Waals surface area contributed by atoms with Gasteiger partial charge >= 0.3 is 6.18 Å². The van der Waals surface area contributed by atoms with Crippen LogP contribution in [0.15, 0.2) is 6.20 Å². The van der Waals surface area contributed by atoms with Gasteiger partial charge in [-0.2, -0.15) is 13.2 Å². The van der Waals surface area contributed by atoms with Crippen LogP contribution in [0.5, 0.6) is 0 Å². The van der Waals surface area contributed by atoms with Gasteiger partial charge in [0.15, 0.2) is 0 Å².